The van der Waals surface area contributed by atoms with Crippen molar-refractivity contribution in [1.29, 1.82) is 0 Å². The lowest BCUT2D eigenvalue weighted by Crippen LogP contribution is -2.40. The van der Waals surface area contributed by atoms with Crippen molar-refractivity contribution in [3.8, 4) is 0 Å². The van der Waals surface area contributed by atoms with Crippen LogP contribution < -0.4 is 10.6 Å². The second-order valence-electron chi connectivity index (χ2n) is 8.64. The average molecular weight is 424 g/mol. The van der Waals surface area contributed by atoms with E-state index in [1.165, 1.54) is 37.7 Å². The van der Waals surface area contributed by atoms with Gasteiger partial charge in [-0.25, -0.2) is 0 Å². The normalized spacial score (nSPS) is 19.8. The number of benzene rings is 1. The number of nitrogens with one attached hydrogen (secondary N) is 2. The molecule has 2 aromatic rings. The van der Waals surface area contributed by atoms with E-state index in [0.717, 1.165) is 69.7 Å². The van der Waals surface area contributed by atoms with Crippen LogP contribution in [-0.4, -0.2) is 57.8 Å². The fourth-order valence-electron chi connectivity index (χ4n) is 4.69. The standard InChI is InChI=1S/C24H37N7/c1-2-25-24(26-15-14-23-29-28-22-13-7-4-8-17-31(22)23)27-18-21-12-9-16-30(21)19-20-10-5-3-6-11-20/h3,5-6,10-11,21H,2,4,7-9,12-19H2,1H3,(H2,25,26,27). The fraction of sp³-hybridized carbons (Fsp3) is 0.625. The van der Waals surface area contributed by atoms with Gasteiger partial charge in [-0.05, 0) is 44.7 Å². The van der Waals surface area contributed by atoms with E-state index < -0.39 is 0 Å². The largest absolute Gasteiger partial charge is 0.357 e. The summed E-state index contributed by atoms with van der Waals surface area (Å²) in [5, 5.41) is 15.8. The zero-order valence-corrected chi connectivity index (χ0v) is 18.9. The third-order valence-corrected chi connectivity index (χ3v) is 6.36. The first-order chi connectivity index (χ1) is 15.3. The lowest BCUT2D eigenvalue weighted by atomic mass is 10.2. The van der Waals surface area contributed by atoms with Crippen LogP contribution in [0.15, 0.2) is 35.3 Å². The van der Waals surface area contributed by atoms with E-state index in [9.17, 15) is 0 Å². The number of likely N-dealkylation sites (tertiary alicyclic amines) is 1. The maximum Gasteiger partial charge on any atom is 0.191 e. The predicted molar refractivity (Wildman–Crippen MR) is 125 cm³/mol. The van der Waals surface area contributed by atoms with E-state index in [1.807, 2.05) is 0 Å². The van der Waals surface area contributed by atoms with Gasteiger partial charge in [-0.2, -0.15) is 0 Å². The van der Waals surface area contributed by atoms with Crippen molar-refractivity contribution in [1.82, 2.24) is 30.3 Å². The molecule has 31 heavy (non-hydrogen) atoms. The molecule has 1 fully saturated rings. The van der Waals surface area contributed by atoms with E-state index in [4.69, 9.17) is 4.99 Å². The molecule has 1 unspecified atom stereocenters. The van der Waals surface area contributed by atoms with Crippen molar-refractivity contribution in [2.75, 3.05) is 26.2 Å². The lowest BCUT2D eigenvalue weighted by molar-refractivity contribution is 0.250. The number of aromatic nitrogens is 3. The highest BCUT2D eigenvalue weighted by Gasteiger charge is 2.24. The molecular weight excluding hydrogens is 386 g/mol. The monoisotopic (exact) mass is 423 g/mol. The van der Waals surface area contributed by atoms with Gasteiger partial charge in [0.2, 0.25) is 0 Å². The first kappa shape index (κ1) is 21.8. The summed E-state index contributed by atoms with van der Waals surface area (Å²) < 4.78 is 2.33. The quantitative estimate of drug-likeness (QED) is 0.505. The molecule has 1 aromatic heterocycles. The summed E-state index contributed by atoms with van der Waals surface area (Å²) in [6.07, 6.45) is 8.18. The highest BCUT2D eigenvalue weighted by atomic mass is 15.3. The van der Waals surface area contributed by atoms with Crippen molar-refractivity contribution in [3.05, 3.63) is 47.5 Å². The Hall–Kier alpha value is -2.41. The number of hydrogen-bond donors (Lipinski definition) is 2. The number of aliphatic imine (C=N–C) groups is 1. The van der Waals surface area contributed by atoms with Crippen LogP contribution in [0.25, 0.3) is 0 Å². The molecule has 7 nitrogen and oxygen atoms in total. The van der Waals surface area contributed by atoms with Crippen molar-refractivity contribution in [2.24, 2.45) is 4.99 Å². The van der Waals surface area contributed by atoms with Gasteiger partial charge in [0.05, 0.1) is 6.54 Å². The molecule has 0 saturated carbocycles. The molecule has 3 heterocycles. The molecule has 0 spiro atoms. The average Bonchev–Trinajstić information content (AvgIpc) is 3.31. The Bertz CT molecular complexity index is 830. The number of nitrogens with zero attached hydrogens (tertiary/aromatic N) is 5. The number of guanidine groups is 1. The second kappa shape index (κ2) is 11.3. The van der Waals surface area contributed by atoms with Gasteiger partial charge in [0.1, 0.15) is 11.6 Å². The van der Waals surface area contributed by atoms with Gasteiger partial charge < -0.3 is 15.2 Å². The van der Waals surface area contributed by atoms with Crippen LogP contribution >= 0.6 is 0 Å². The minimum Gasteiger partial charge on any atom is -0.357 e. The third kappa shape index (κ3) is 6.06. The van der Waals surface area contributed by atoms with Crippen LogP contribution in [0, 0.1) is 0 Å². The summed E-state index contributed by atoms with van der Waals surface area (Å²) in [4.78, 5) is 7.50. The topological polar surface area (TPSA) is 70.4 Å². The molecule has 1 saturated heterocycles. The SMILES string of the molecule is CCNC(=NCC1CCCN1Cc1ccccc1)NCCc1nnc2n1CCCCC2. The van der Waals surface area contributed by atoms with Crippen LogP contribution in [0.2, 0.25) is 0 Å². The van der Waals surface area contributed by atoms with Gasteiger partial charge in [0, 0.05) is 45.1 Å². The maximum atomic E-state index is 4.92. The van der Waals surface area contributed by atoms with Crippen LogP contribution in [0.4, 0.5) is 0 Å². The van der Waals surface area contributed by atoms with Crippen molar-refractivity contribution in [3.63, 3.8) is 0 Å². The minimum absolute atomic E-state index is 0.517. The smallest absolute Gasteiger partial charge is 0.191 e. The van der Waals surface area contributed by atoms with E-state index in [0.29, 0.717) is 6.04 Å². The van der Waals surface area contributed by atoms with Crippen LogP contribution in [0.1, 0.15) is 56.2 Å². The molecule has 0 radical (unpaired) electrons. The number of aryl methyl sites for hydroxylation is 1. The summed E-state index contributed by atoms with van der Waals surface area (Å²) in [5.74, 6) is 3.17. The predicted octanol–water partition coefficient (Wildman–Crippen LogP) is 2.77. The molecule has 2 aliphatic heterocycles. The molecule has 2 aliphatic rings. The minimum atomic E-state index is 0.517. The van der Waals surface area contributed by atoms with Gasteiger partial charge in [0.15, 0.2) is 5.96 Å². The number of hydrogen-bond acceptors (Lipinski definition) is 4. The third-order valence-electron chi connectivity index (χ3n) is 6.36. The summed E-state index contributed by atoms with van der Waals surface area (Å²) in [7, 11) is 0. The Morgan fingerprint density at radius 3 is 2.84 bits per heavy atom. The van der Waals surface area contributed by atoms with Crippen molar-refractivity contribution < 1.29 is 0 Å². The molecule has 4 rings (SSSR count). The van der Waals surface area contributed by atoms with Gasteiger partial charge >= 0.3 is 0 Å². The highest BCUT2D eigenvalue weighted by molar-refractivity contribution is 5.79. The van der Waals surface area contributed by atoms with Gasteiger partial charge in [-0.1, -0.05) is 36.8 Å². The number of rotatable bonds is 8. The molecule has 1 atom stereocenters. The Morgan fingerprint density at radius 1 is 1.06 bits per heavy atom. The van der Waals surface area contributed by atoms with Gasteiger partial charge in [0.25, 0.3) is 0 Å². The second-order valence-corrected chi connectivity index (χ2v) is 8.64. The molecule has 2 N–H and O–H groups in total. The van der Waals surface area contributed by atoms with Crippen molar-refractivity contribution >= 4 is 5.96 Å². The zero-order chi connectivity index (χ0) is 21.3. The van der Waals surface area contributed by atoms with Crippen molar-refractivity contribution in [2.45, 2.75) is 71.0 Å². The van der Waals surface area contributed by atoms with Crippen LogP contribution in [0.5, 0.6) is 0 Å². The van der Waals surface area contributed by atoms with E-state index >= 15 is 0 Å². The molecule has 168 valence electrons. The Balaban J connectivity index is 1.29. The number of fused-ring (bicyclic) bond motifs is 1. The lowest BCUT2D eigenvalue weighted by Gasteiger charge is -2.23. The Morgan fingerprint density at radius 2 is 1.97 bits per heavy atom. The maximum absolute atomic E-state index is 4.92. The Labute approximate surface area is 186 Å². The summed E-state index contributed by atoms with van der Waals surface area (Å²) in [6.45, 7) is 7.88. The zero-order valence-electron chi connectivity index (χ0n) is 18.9. The van der Waals surface area contributed by atoms with Gasteiger partial charge in [-0.3, -0.25) is 9.89 Å². The van der Waals surface area contributed by atoms with Gasteiger partial charge in [-0.15, -0.1) is 10.2 Å². The first-order valence-corrected chi connectivity index (χ1v) is 12.0. The summed E-state index contributed by atoms with van der Waals surface area (Å²) >= 11 is 0. The molecule has 0 aliphatic carbocycles. The Kier molecular flexibility index (Phi) is 7.93. The van der Waals surface area contributed by atoms with Crippen LogP contribution in [-0.2, 0) is 25.9 Å². The fourth-order valence-corrected chi connectivity index (χ4v) is 4.69. The molecule has 1 aromatic carbocycles. The molecular formula is C24H37N7. The van der Waals surface area contributed by atoms with E-state index in [2.05, 4.69) is 67.6 Å². The molecule has 7 heteroatoms. The van der Waals surface area contributed by atoms with E-state index in [1.54, 1.807) is 0 Å². The van der Waals surface area contributed by atoms with Crippen LogP contribution in [0.3, 0.4) is 0 Å². The van der Waals surface area contributed by atoms with E-state index in [-0.39, 0.29) is 0 Å². The highest BCUT2D eigenvalue weighted by Crippen LogP contribution is 2.20. The molecule has 0 bridgehead atoms. The summed E-state index contributed by atoms with van der Waals surface area (Å²) in [5.41, 5.74) is 1.39. The first-order valence-electron chi connectivity index (χ1n) is 12.0. The summed E-state index contributed by atoms with van der Waals surface area (Å²) in [6, 6.07) is 11.3. The molecule has 0 amide bonds.